The van der Waals surface area contributed by atoms with E-state index in [2.05, 4.69) is 20.8 Å². The van der Waals surface area contributed by atoms with Gasteiger partial charge in [-0.3, -0.25) is 9.59 Å². The molecule has 0 spiro atoms. The maximum Gasteiger partial charge on any atom is 0.251 e. The standard InChI is InChI=1S/C24H29N5O2S/c1-15(2)20(26-23(31)18-9-7-6-8-10-18)21-27-28-24(29(21)5)32-17(4)22(30)25-19-13-11-16(3)12-14-19/h6-15,17,20H,1-5H3,(H,25,30)(H,26,31). The normalized spacial score (nSPS) is 12.9. The molecule has 0 bridgehead atoms. The van der Waals surface area contributed by atoms with Crippen LogP contribution in [0.25, 0.3) is 0 Å². The van der Waals surface area contributed by atoms with Gasteiger partial charge in [0.15, 0.2) is 11.0 Å². The van der Waals surface area contributed by atoms with Crippen LogP contribution in [0.5, 0.6) is 0 Å². The first-order valence-corrected chi connectivity index (χ1v) is 11.4. The Morgan fingerprint density at radius 3 is 2.25 bits per heavy atom. The van der Waals surface area contributed by atoms with E-state index in [-0.39, 0.29) is 29.0 Å². The lowest BCUT2D eigenvalue weighted by atomic mass is 10.0. The molecule has 3 rings (SSSR count). The Labute approximate surface area is 193 Å². The Balaban J connectivity index is 1.70. The van der Waals surface area contributed by atoms with E-state index < -0.39 is 0 Å². The number of benzene rings is 2. The molecule has 32 heavy (non-hydrogen) atoms. The molecule has 0 saturated carbocycles. The minimum atomic E-state index is -0.372. The molecule has 2 aromatic carbocycles. The molecule has 168 valence electrons. The van der Waals surface area contributed by atoms with Gasteiger partial charge in [0.2, 0.25) is 5.91 Å². The second-order valence-corrected chi connectivity index (χ2v) is 9.38. The molecular formula is C24H29N5O2S. The van der Waals surface area contributed by atoms with Crippen LogP contribution in [-0.2, 0) is 11.8 Å². The van der Waals surface area contributed by atoms with Gasteiger partial charge in [-0.1, -0.05) is 61.5 Å². The fourth-order valence-corrected chi connectivity index (χ4v) is 3.96. The third-order valence-corrected chi connectivity index (χ3v) is 6.24. The van der Waals surface area contributed by atoms with Crippen LogP contribution < -0.4 is 10.6 Å². The van der Waals surface area contributed by atoms with Gasteiger partial charge in [0.25, 0.3) is 5.91 Å². The number of nitrogens with zero attached hydrogens (tertiary/aromatic N) is 3. The van der Waals surface area contributed by atoms with Crippen LogP contribution in [0.3, 0.4) is 0 Å². The summed E-state index contributed by atoms with van der Waals surface area (Å²) >= 11 is 1.33. The molecule has 1 heterocycles. The number of amides is 2. The molecule has 0 fully saturated rings. The van der Waals surface area contributed by atoms with Gasteiger partial charge in [0.05, 0.1) is 11.3 Å². The quantitative estimate of drug-likeness (QED) is 0.497. The predicted molar refractivity (Wildman–Crippen MR) is 128 cm³/mol. The zero-order valence-electron chi connectivity index (χ0n) is 19.0. The van der Waals surface area contributed by atoms with Crippen molar-refractivity contribution < 1.29 is 9.59 Å². The first-order chi connectivity index (χ1) is 15.3. The second kappa shape index (κ2) is 10.5. The van der Waals surface area contributed by atoms with Crippen LogP contribution in [0.1, 0.15) is 48.6 Å². The Morgan fingerprint density at radius 1 is 0.969 bits per heavy atom. The fourth-order valence-electron chi connectivity index (χ4n) is 3.14. The molecular weight excluding hydrogens is 422 g/mol. The van der Waals surface area contributed by atoms with Gasteiger partial charge < -0.3 is 15.2 Å². The van der Waals surface area contributed by atoms with Crippen LogP contribution in [0, 0.1) is 12.8 Å². The number of carbonyl (C=O) groups excluding carboxylic acids is 2. The molecule has 0 aliphatic rings. The van der Waals surface area contributed by atoms with Gasteiger partial charge in [0.1, 0.15) is 0 Å². The van der Waals surface area contributed by atoms with Crippen molar-refractivity contribution in [2.45, 2.75) is 44.1 Å². The van der Waals surface area contributed by atoms with Crippen molar-refractivity contribution >= 4 is 29.3 Å². The highest BCUT2D eigenvalue weighted by molar-refractivity contribution is 8.00. The van der Waals surface area contributed by atoms with Gasteiger partial charge in [-0.2, -0.15) is 0 Å². The minimum Gasteiger partial charge on any atom is -0.342 e. The molecule has 2 atom stereocenters. The zero-order chi connectivity index (χ0) is 23.3. The molecule has 1 aromatic heterocycles. The van der Waals surface area contributed by atoms with E-state index in [0.29, 0.717) is 16.5 Å². The summed E-state index contributed by atoms with van der Waals surface area (Å²) in [6.45, 7) is 7.88. The maximum absolute atomic E-state index is 12.7. The monoisotopic (exact) mass is 451 g/mol. The van der Waals surface area contributed by atoms with Crippen molar-refractivity contribution in [3.8, 4) is 0 Å². The summed E-state index contributed by atoms with van der Waals surface area (Å²) in [6, 6.07) is 16.5. The molecule has 2 unspecified atom stereocenters. The highest BCUT2D eigenvalue weighted by atomic mass is 32.2. The largest absolute Gasteiger partial charge is 0.342 e. The molecule has 0 radical (unpaired) electrons. The van der Waals surface area contributed by atoms with Crippen LogP contribution in [0.2, 0.25) is 0 Å². The average Bonchev–Trinajstić information content (AvgIpc) is 3.13. The number of aryl methyl sites for hydroxylation is 1. The number of rotatable bonds is 8. The summed E-state index contributed by atoms with van der Waals surface area (Å²) in [5.74, 6) is 0.483. The maximum atomic E-state index is 12.7. The lowest BCUT2D eigenvalue weighted by molar-refractivity contribution is -0.115. The Morgan fingerprint density at radius 2 is 1.62 bits per heavy atom. The van der Waals surface area contributed by atoms with Crippen molar-refractivity contribution in [1.29, 1.82) is 0 Å². The lowest BCUT2D eigenvalue weighted by Crippen LogP contribution is -2.33. The van der Waals surface area contributed by atoms with E-state index in [1.54, 1.807) is 12.1 Å². The Kier molecular flexibility index (Phi) is 7.69. The van der Waals surface area contributed by atoms with Crippen molar-refractivity contribution in [3.05, 3.63) is 71.5 Å². The second-order valence-electron chi connectivity index (χ2n) is 8.08. The summed E-state index contributed by atoms with van der Waals surface area (Å²) < 4.78 is 1.84. The van der Waals surface area contributed by atoms with Crippen LogP contribution >= 0.6 is 11.8 Å². The van der Waals surface area contributed by atoms with E-state index in [9.17, 15) is 9.59 Å². The number of anilines is 1. The number of nitrogens with one attached hydrogen (secondary N) is 2. The molecule has 8 heteroatoms. The predicted octanol–water partition coefficient (Wildman–Crippen LogP) is 4.37. The topological polar surface area (TPSA) is 88.9 Å². The van der Waals surface area contributed by atoms with Gasteiger partial charge in [-0.05, 0) is 44.0 Å². The summed E-state index contributed by atoms with van der Waals surface area (Å²) in [7, 11) is 1.85. The summed E-state index contributed by atoms with van der Waals surface area (Å²) in [6.07, 6.45) is 0. The SMILES string of the molecule is Cc1ccc(NC(=O)C(C)Sc2nnc(C(NC(=O)c3ccccc3)C(C)C)n2C)cc1. The molecule has 2 N–H and O–H groups in total. The number of aromatic nitrogens is 3. The highest BCUT2D eigenvalue weighted by Gasteiger charge is 2.26. The molecule has 2 amide bonds. The third kappa shape index (κ3) is 5.76. The Bertz CT molecular complexity index is 1060. The zero-order valence-corrected chi connectivity index (χ0v) is 19.8. The van der Waals surface area contributed by atoms with Crippen LogP contribution in [-0.4, -0.2) is 31.8 Å². The lowest BCUT2D eigenvalue weighted by Gasteiger charge is -2.22. The van der Waals surface area contributed by atoms with E-state index in [0.717, 1.165) is 11.3 Å². The Hall–Kier alpha value is -3.13. The minimum absolute atomic E-state index is 0.102. The van der Waals surface area contributed by atoms with E-state index in [1.807, 2.05) is 81.8 Å². The van der Waals surface area contributed by atoms with Gasteiger partial charge in [-0.15, -0.1) is 10.2 Å². The highest BCUT2D eigenvalue weighted by Crippen LogP contribution is 2.27. The van der Waals surface area contributed by atoms with Crippen LogP contribution in [0.4, 0.5) is 5.69 Å². The molecule has 0 aliphatic heterocycles. The van der Waals surface area contributed by atoms with Crippen molar-refractivity contribution in [2.75, 3.05) is 5.32 Å². The van der Waals surface area contributed by atoms with E-state index >= 15 is 0 Å². The number of hydrogen-bond donors (Lipinski definition) is 2. The first-order valence-electron chi connectivity index (χ1n) is 10.6. The van der Waals surface area contributed by atoms with Crippen LogP contribution in [0.15, 0.2) is 59.8 Å². The van der Waals surface area contributed by atoms with Gasteiger partial charge in [0, 0.05) is 18.3 Å². The molecule has 0 saturated heterocycles. The smallest absolute Gasteiger partial charge is 0.251 e. The summed E-state index contributed by atoms with van der Waals surface area (Å²) in [5.41, 5.74) is 2.49. The average molecular weight is 452 g/mol. The summed E-state index contributed by atoms with van der Waals surface area (Å²) in [4.78, 5) is 25.3. The molecule has 7 nitrogen and oxygen atoms in total. The van der Waals surface area contributed by atoms with Crippen molar-refractivity contribution in [1.82, 2.24) is 20.1 Å². The summed E-state index contributed by atoms with van der Waals surface area (Å²) in [5, 5.41) is 14.9. The molecule has 0 aliphatic carbocycles. The molecule has 3 aromatic rings. The number of hydrogen-bond acceptors (Lipinski definition) is 5. The fraction of sp³-hybridized carbons (Fsp3) is 0.333. The number of carbonyl (C=O) groups is 2. The van der Waals surface area contributed by atoms with E-state index in [4.69, 9.17) is 0 Å². The van der Waals surface area contributed by atoms with Gasteiger partial charge in [-0.25, -0.2) is 0 Å². The van der Waals surface area contributed by atoms with Crippen molar-refractivity contribution in [2.24, 2.45) is 13.0 Å². The van der Waals surface area contributed by atoms with E-state index in [1.165, 1.54) is 11.8 Å². The number of thioether (sulfide) groups is 1. The third-order valence-electron chi connectivity index (χ3n) is 5.11. The van der Waals surface area contributed by atoms with Crippen molar-refractivity contribution in [3.63, 3.8) is 0 Å². The van der Waals surface area contributed by atoms with Gasteiger partial charge >= 0.3 is 0 Å². The first kappa shape index (κ1) is 23.5.